The summed E-state index contributed by atoms with van der Waals surface area (Å²) in [6.07, 6.45) is 2.92. The van der Waals surface area contributed by atoms with Gasteiger partial charge in [-0.15, -0.1) is 0 Å². The van der Waals surface area contributed by atoms with Gasteiger partial charge < -0.3 is 10.6 Å². The molecular formula is C16H18N4O. The van der Waals surface area contributed by atoms with Gasteiger partial charge in [-0.25, -0.2) is 9.97 Å². The van der Waals surface area contributed by atoms with E-state index in [1.54, 1.807) is 6.33 Å². The van der Waals surface area contributed by atoms with Gasteiger partial charge in [0.15, 0.2) is 0 Å². The van der Waals surface area contributed by atoms with Crippen LogP contribution in [0.15, 0.2) is 30.6 Å². The van der Waals surface area contributed by atoms with Gasteiger partial charge in [0.25, 0.3) is 0 Å². The van der Waals surface area contributed by atoms with Crippen molar-refractivity contribution in [2.75, 3.05) is 10.6 Å². The number of carbonyl (C=O) groups excluding carboxylic acids is 1. The molecule has 21 heavy (non-hydrogen) atoms. The highest BCUT2D eigenvalue weighted by atomic mass is 16.1. The van der Waals surface area contributed by atoms with E-state index in [4.69, 9.17) is 0 Å². The first-order valence-corrected chi connectivity index (χ1v) is 7.09. The molecule has 0 saturated carbocycles. The van der Waals surface area contributed by atoms with Gasteiger partial charge in [-0.3, -0.25) is 4.79 Å². The number of hydrogen-bond donors (Lipinski definition) is 2. The predicted octanol–water partition coefficient (Wildman–Crippen LogP) is 2.84. The summed E-state index contributed by atoms with van der Waals surface area (Å²) in [6, 6.07) is 8.24. The highest BCUT2D eigenvalue weighted by Crippen LogP contribution is 2.27. The van der Waals surface area contributed by atoms with E-state index in [9.17, 15) is 4.79 Å². The zero-order valence-electron chi connectivity index (χ0n) is 12.2. The molecule has 0 aliphatic carbocycles. The Morgan fingerprint density at radius 1 is 1.24 bits per heavy atom. The minimum atomic E-state index is 0.0953. The van der Waals surface area contributed by atoms with Gasteiger partial charge >= 0.3 is 0 Å². The average molecular weight is 282 g/mol. The molecule has 2 aromatic rings. The quantitative estimate of drug-likeness (QED) is 0.908. The number of aromatic nitrogens is 2. The van der Waals surface area contributed by atoms with Crippen LogP contribution in [0, 0.1) is 6.92 Å². The van der Waals surface area contributed by atoms with Crippen LogP contribution < -0.4 is 10.6 Å². The van der Waals surface area contributed by atoms with Crippen molar-refractivity contribution >= 4 is 17.4 Å². The summed E-state index contributed by atoms with van der Waals surface area (Å²) in [5.74, 6) is 0.916. The van der Waals surface area contributed by atoms with Crippen molar-refractivity contribution < 1.29 is 4.79 Å². The van der Waals surface area contributed by atoms with Gasteiger partial charge in [-0.2, -0.15) is 0 Å². The molecule has 5 heteroatoms. The van der Waals surface area contributed by atoms with Crippen molar-refractivity contribution in [3.63, 3.8) is 0 Å². The second kappa shape index (κ2) is 5.52. The Morgan fingerprint density at radius 3 is 2.90 bits per heavy atom. The Bertz CT molecular complexity index is 684. The largest absolute Gasteiger partial charge is 0.363 e. The van der Waals surface area contributed by atoms with Gasteiger partial charge in [-0.05, 0) is 37.5 Å². The normalized spacial score (nSPS) is 15.0. The number of rotatable bonds is 3. The van der Waals surface area contributed by atoms with Crippen LogP contribution in [0.4, 0.5) is 11.5 Å². The molecule has 3 rings (SSSR count). The van der Waals surface area contributed by atoms with Crippen LogP contribution >= 0.6 is 0 Å². The summed E-state index contributed by atoms with van der Waals surface area (Å²) in [4.78, 5) is 19.7. The Kier molecular flexibility index (Phi) is 3.56. The minimum Gasteiger partial charge on any atom is -0.363 e. The van der Waals surface area contributed by atoms with Crippen LogP contribution in [0.1, 0.15) is 36.2 Å². The van der Waals surface area contributed by atoms with Gasteiger partial charge in [0.1, 0.15) is 12.1 Å². The number of anilines is 2. The topological polar surface area (TPSA) is 66.9 Å². The number of nitrogens with zero attached hydrogens (tertiary/aromatic N) is 2. The van der Waals surface area contributed by atoms with Gasteiger partial charge in [0.05, 0.1) is 0 Å². The second-order valence-electron chi connectivity index (χ2n) is 5.38. The molecule has 1 aromatic carbocycles. The second-order valence-corrected chi connectivity index (χ2v) is 5.38. The highest BCUT2D eigenvalue weighted by Gasteiger charge is 2.16. The molecule has 1 aliphatic heterocycles. The number of carbonyl (C=O) groups is 1. The smallest absolute Gasteiger partial charge is 0.224 e. The zero-order valence-corrected chi connectivity index (χ0v) is 12.2. The first-order chi connectivity index (χ1) is 10.1. The van der Waals surface area contributed by atoms with E-state index >= 15 is 0 Å². The zero-order chi connectivity index (χ0) is 14.8. The maximum absolute atomic E-state index is 11.4. The molecule has 1 aliphatic rings. The van der Waals surface area contributed by atoms with Crippen LogP contribution in [-0.4, -0.2) is 15.9 Å². The van der Waals surface area contributed by atoms with Crippen LogP contribution in [-0.2, 0) is 11.2 Å². The average Bonchev–Trinajstić information content (AvgIpc) is 2.46. The summed E-state index contributed by atoms with van der Waals surface area (Å²) in [5.41, 5.74) is 4.24. The van der Waals surface area contributed by atoms with E-state index in [0.29, 0.717) is 6.42 Å². The van der Waals surface area contributed by atoms with Crippen molar-refractivity contribution in [1.29, 1.82) is 0 Å². The lowest BCUT2D eigenvalue weighted by molar-refractivity contribution is -0.116. The molecule has 2 N–H and O–H groups in total. The third-order valence-corrected chi connectivity index (χ3v) is 3.69. The minimum absolute atomic E-state index is 0.0953. The number of fused-ring (bicyclic) bond motifs is 1. The molecule has 2 heterocycles. The van der Waals surface area contributed by atoms with Crippen molar-refractivity contribution in [3.05, 3.63) is 47.4 Å². The molecule has 1 atom stereocenters. The molecule has 0 saturated heterocycles. The van der Waals surface area contributed by atoms with E-state index in [0.717, 1.165) is 23.6 Å². The van der Waals surface area contributed by atoms with Gasteiger partial charge in [0, 0.05) is 29.9 Å². The number of aryl methyl sites for hydroxylation is 2. The van der Waals surface area contributed by atoms with Crippen LogP contribution in [0.25, 0.3) is 0 Å². The molecule has 0 spiro atoms. The summed E-state index contributed by atoms with van der Waals surface area (Å²) < 4.78 is 0. The predicted molar refractivity (Wildman–Crippen MR) is 82.2 cm³/mol. The molecule has 5 nitrogen and oxygen atoms in total. The molecule has 1 aromatic heterocycles. The summed E-state index contributed by atoms with van der Waals surface area (Å²) >= 11 is 0. The Labute approximate surface area is 123 Å². The molecule has 1 unspecified atom stereocenters. The number of hydrogen-bond acceptors (Lipinski definition) is 4. The van der Waals surface area contributed by atoms with E-state index in [2.05, 4.69) is 33.6 Å². The molecule has 0 bridgehead atoms. The fourth-order valence-corrected chi connectivity index (χ4v) is 2.51. The van der Waals surface area contributed by atoms with Crippen LogP contribution in [0.3, 0.4) is 0 Å². The van der Waals surface area contributed by atoms with E-state index in [1.807, 2.05) is 25.1 Å². The van der Waals surface area contributed by atoms with Crippen molar-refractivity contribution in [2.24, 2.45) is 0 Å². The lowest BCUT2D eigenvalue weighted by Crippen LogP contribution is -2.19. The molecule has 0 fully saturated rings. The first-order valence-electron chi connectivity index (χ1n) is 7.09. The molecule has 0 radical (unpaired) electrons. The monoisotopic (exact) mass is 282 g/mol. The molecular weight excluding hydrogens is 264 g/mol. The third-order valence-electron chi connectivity index (χ3n) is 3.69. The Balaban J connectivity index is 1.79. The first kappa shape index (κ1) is 13.5. The summed E-state index contributed by atoms with van der Waals surface area (Å²) in [5, 5.41) is 6.28. The SMILES string of the molecule is Cc1cc(NC(C)c2ccc3c(c2)CCC(=O)N3)ncn1. The fourth-order valence-electron chi connectivity index (χ4n) is 2.51. The maximum atomic E-state index is 11.4. The highest BCUT2D eigenvalue weighted by molar-refractivity contribution is 5.93. The van der Waals surface area contributed by atoms with Crippen LogP contribution in [0.5, 0.6) is 0 Å². The number of nitrogens with one attached hydrogen (secondary N) is 2. The van der Waals surface area contributed by atoms with Crippen molar-refractivity contribution in [1.82, 2.24) is 9.97 Å². The fraction of sp³-hybridized carbons (Fsp3) is 0.312. The molecule has 1 amide bonds. The van der Waals surface area contributed by atoms with E-state index in [1.165, 1.54) is 11.1 Å². The standard InChI is InChI=1S/C16H18N4O/c1-10-7-15(18-9-17-10)19-11(2)12-3-5-14-13(8-12)4-6-16(21)20-14/h3,5,7-9,11H,4,6H2,1-2H3,(H,20,21)(H,17,18,19). The van der Waals surface area contributed by atoms with Crippen molar-refractivity contribution in [3.8, 4) is 0 Å². The lowest BCUT2D eigenvalue weighted by atomic mass is 9.98. The third kappa shape index (κ3) is 3.02. The van der Waals surface area contributed by atoms with E-state index in [-0.39, 0.29) is 11.9 Å². The Hall–Kier alpha value is -2.43. The number of amides is 1. The Morgan fingerprint density at radius 2 is 2.10 bits per heavy atom. The maximum Gasteiger partial charge on any atom is 0.224 e. The van der Waals surface area contributed by atoms with Crippen molar-refractivity contribution in [2.45, 2.75) is 32.7 Å². The van der Waals surface area contributed by atoms with E-state index < -0.39 is 0 Å². The van der Waals surface area contributed by atoms with Crippen LogP contribution in [0.2, 0.25) is 0 Å². The lowest BCUT2D eigenvalue weighted by Gasteiger charge is -2.20. The molecule has 108 valence electrons. The summed E-state index contributed by atoms with van der Waals surface area (Å²) in [6.45, 7) is 4.04. The van der Waals surface area contributed by atoms with Gasteiger partial charge in [-0.1, -0.05) is 12.1 Å². The summed E-state index contributed by atoms with van der Waals surface area (Å²) in [7, 11) is 0. The van der Waals surface area contributed by atoms with Gasteiger partial charge in [0.2, 0.25) is 5.91 Å². The number of benzene rings is 1.